The number of benzene rings is 1. The molecule has 0 radical (unpaired) electrons. The van der Waals surface area contributed by atoms with E-state index in [2.05, 4.69) is 20.9 Å². The van der Waals surface area contributed by atoms with Crippen LogP contribution < -0.4 is 11.2 Å². The van der Waals surface area contributed by atoms with Crippen LogP contribution >= 0.6 is 15.9 Å². The van der Waals surface area contributed by atoms with E-state index in [9.17, 15) is 9.59 Å². The van der Waals surface area contributed by atoms with E-state index in [0.717, 1.165) is 20.3 Å². The number of halogens is 1. The third kappa shape index (κ3) is 2.65. The second-order valence-corrected chi connectivity index (χ2v) is 7.24. The van der Waals surface area contributed by atoms with Crippen molar-refractivity contribution in [2.75, 3.05) is 13.7 Å². The molecule has 4 rings (SSSR count). The molecule has 0 aliphatic heterocycles. The van der Waals surface area contributed by atoms with Gasteiger partial charge in [-0.05, 0) is 17.7 Å². The van der Waals surface area contributed by atoms with Crippen molar-refractivity contribution in [3.63, 3.8) is 0 Å². The molecule has 0 N–H and O–H groups in total. The Bertz CT molecular complexity index is 1280. The van der Waals surface area contributed by atoms with E-state index in [1.807, 2.05) is 35.0 Å². The lowest BCUT2D eigenvalue weighted by Crippen LogP contribution is -2.37. The summed E-state index contributed by atoms with van der Waals surface area (Å²) in [5, 5.41) is 0. The first kappa shape index (κ1) is 17.7. The predicted octanol–water partition coefficient (Wildman–Crippen LogP) is 1.76. The molecule has 0 unspecified atom stereocenters. The standard InChI is InChI=1S/C18H18BrN5O3/c1-21-15-14(16(25)22(2)18(21)26)24-10-13(11-4-6-12(19)7-5-11)23(8-9-27-3)17(24)20-15/h4-7,10H,8-9H2,1-3H3. The van der Waals surface area contributed by atoms with Crippen LogP contribution in [0.5, 0.6) is 0 Å². The summed E-state index contributed by atoms with van der Waals surface area (Å²) in [7, 11) is 4.73. The molecule has 0 bridgehead atoms. The molecule has 9 heteroatoms. The van der Waals surface area contributed by atoms with Crippen molar-refractivity contribution >= 4 is 32.9 Å². The highest BCUT2D eigenvalue weighted by molar-refractivity contribution is 9.10. The quantitative estimate of drug-likeness (QED) is 0.493. The molecule has 0 amide bonds. The molecule has 0 fully saturated rings. The fraction of sp³-hybridized carbons (Fsp3) is 0.278. The number of nitrogens with zero attached hydrogens (tertiary/aromatic N) is 5. The number of aromatic nitrogens is 5. The van der Waals surface area contributed by atoms with Gasteiger partial charge in [-0.3, -0.25) is 18.3 Å². The smallest absolute Gasteiger partial charge is 0.332 e. The summed E-state index contributed by atoms with van der Waals surface area (Å²) < 4.78 is 12.5. The van der Waals surface area contributed by atoms with Crippen LogP contribution in [0.2, 0.25) is 0 Å². The topological polar surface area (TPSA) is 75.5 Å². The maximum Gasteiger partial charge on any atom is 0.332 e. The van der Waals surface area contributed by atoms with Gasteiger partial charge in [-0.2, -0.15) is 4.98 Å². The van der Waals surface area contributed by atoms with Crippen molar-refractivity contribution in [3.8, 4) is 11.3 Å². The van der Waals surface area contributed by atoms with Crippen LogP contribution in [0.1, 0.15) is 0 Å². The second kappa shape index (κ2) is 6.50. The molecule has 140 valence electrons. The lowest BCUT2D eigenvalue weighted by atomic mass is 10.2. The number of aryl methyl sites for hydroxylation is 1. The van der Waals surface area contributed by atoms with Gasteiger partial charge in [0.25, 0.3) is 5.56 Å². The van der Waals surface area contributed by atoms with Crippen molar-refractivity contribution in [2.45, 2.75) is 6.54 Å². The van der Waals surface area contributed by atoms with Gasteiger partial charge in [0.15, 0.2) is 11.2 Å². The third-order valence-electron chi connectivity index (χ3n) is 4.72. The van der Waals surface area contributed by atoms with Crippen molar-refractivity contribution < 1.29 is 4.74 Å². The van der Waals surface area contributed by atoms with Crippen molar-refractivity contribution in [1.29, 1.82) is 0 Å². The van der Waals surface area contributed by atoms with Gasteiger partial charge in [0.2, 0.25) is 5.78 Å². The van der Waals surface area contributed by atoms with Gasteiger partial charge in [-0.15, -0.1) is 0 Å². The highest BCUT2D eigenvalue weighted by atomic mass is 79.9. The van der Waals surface area contributed by atoms with E-state index in [0.29, 0.717) is 30.1 Å². The zero-order valence-electron chi connectivity index (χ0n) is 15.1. The number of fused-ring (bicyclic) bond motifs is 3. The van der Waals surface area contributed by atoms with Crippen LogP contribution in [-0.4, -0.2) is 36.8 Å². The van der Waals surface area contributed by atoms with E-state index in [4.69, 9.17) is 4.74 Å². The Hall–Kier alpha value is -2.65. The van der Waals surface area contributed by atoms with Gasteiger partial charge in [-0.25, -0.2) is 4.79 Å². The number of ether oxygens (including phenoxy) is 1. The van der Waals surface area contributed by atoms with Gasteiger partial charge < -0.3 is 9.30 Å². The first-order valence-corrected chi connectivity index (χ1v) is 9.15. The summed E-state index contributed by atoms with van der Waals surface area (Å²) in [6.07, 6.45) is 1.88. The summed E-state index contributed by atoms with van der Waals surface area (Å²) in [6.45, 7) is 1.06. The molecule has 8 nitrogen and oxygen atoms in total. The zero-order valence-corrected chi connectivity index (χ0v) is 16.7. The Kier molecular flexibility index (Phi) is 4.27. The van der Waals surface area contributed by atoms with Crippen molar-refractivity contribution in [1.82, 2.24) is 23.1 Å². The second-order valence-electron chi connectivity index (χ2n) is 6.33. The van der Waals surface area contributed by atoms with Crippen LogP contribution in [-0.2, 0) is 25.4 Å². The SMILES string of the molecule is COCCn1c(-c2ccc(Br)cc2)cn2c3c(=O)n(C)c(=O)n(C)c3nc12. The lowest BCUT2D eigenvalue weighted by Gasteiger charge is -2.08. The molecule has 27 heavy (non-hydrogen) atoms. The molecule has 4 aromatic rings. The van der Waals surface area contributed by atoms with Crippen molar-refractivity contribution in [3.05, 3.63) is 55.8 Å². The van der Waals surface area contributed by atoms with E-state index >= 15 is 0 Å². The summed E-state index contributed by atoms with van der Waals surface area (Å²) in [4.78, 5) is 29.6. The summed E-state index contributed by atoms with van der Waals surface area (Å²) in [5.74, 6) is 0.596. The summed E-state index contributed by atoms with van der Waals surface area (Å²) in [6, 6.07) is 7.93. The molecule has 3 aromatic heterocycles. The number of imidazole rings is 2. The minimum absolute atomic E-state index is 0.367. The molecular formula is C18H18BrN5O3. The Labute approximate surface area is 162 Å². The average Bonchev–Trinajstić information content (AvgIpc) is 3.20. The number of methoxy groups -OCH3 is 1. The summed E-state index contributed by atoms with van der Waals surface area (Å²) in [5.41, 5.74) is 1.89. The molecule has 0 aliphatic carbocycles. The highest BCUT2D eigenvalue weighted by Crippen LogP contribution is 2.26. The Morgan fingerprint density at radius 2 is 1.81 bits per heavy atom. The van der Waals surface area contributed by atoms with Crippen LogP contribution in [0.3, 0.4) is 0 Å². The van der Waals surface area contributed by atoms with Crippen LogP contribution in [0.25, 0.3) is 28.2 Å². The molecule has 0 saturated heterocycles. The van der Waals surface area contributed by atoms with Gasteiger partial charge >= 0.3 is 5.69 Å². The minimum Gasteiger partial charge on any atom is -0.383 e. The molecule has 3 heterocycles. The van der Waals surface area contributed by atoms with Gasteiger partial charge in [0.05, 0.1) is 12.3 Å². The fourth-order valence-corrected chi connectivity index (χ4v) is 3.53. The lowest BCUT2D eigenvalue weighted by molar-refractivity contribution is 0.188. The van der Waals surface area contributed by atoms with Gasteiger partial charge in [0.1, 0.15) is 0 Å². The molecule has 0 saturated carbocycles. The Morgan fingerprint density at radius 3 is 2.48 bits per heavy atom. The van der Waals surface area contributed by atoms with Crippen LogP contribution in [0.15, 0.2) is 44.5 Å². The highest BCUT2D eigenvalue weighted by Gasteiger charge is 2.20. The van der Waals surface area contributed by atoms with Crippen molar-refractivity contribution in [2.24, 2.45) is 14.1 Å². The first-order chi connectivity index (χ1) is 12.9. The Balaban J connectivity index is 2.09. The van der Waals surface area contributed by atoms with Gasteiger partial charge in [0, 0.05) is 38.4 Å². The zero-order chi connectivity index (χ0) is 19.3. The summed E-state index contributed by atoms with van der Waals surface area (Å²) >= 11 is 3.45. The normalized spacial score (nSPS) is 11.7. The monoisotopic (exact) mass is 431 g/mol. The number of hydrogen-bond donors (Lipinski definition) is 0. The van der Waals surface area contributed by atoms with Crippen LogP contribution in [0, 0.1) is 0 Å². The largest absolute Gasteiger partial charge is 0.383 e. The Morgan fingerprint density at radius 1 is 1.11 bits per heavy atom. The number of rotatable bonds is 4. The molecular weight excluding hydrogens is 414 g/mol. The predicted molar refractivity (Wildman–Crippen MR) is 106 cm³/mol. The molecule has 1 aromatic carbocycles. The van der Waals surface area contributed by atoms with E-state index in [-0.39, 0.29) is 5.56 Å². The maximum absolute atomic E-state index is 12.7. The number of hydrogen-bond acceptors (Lipinski definition) is 4. The van der Waals surface area contributed by atoms with E-state index < -0.39 is 5.69 Å². The molecule has 0 atom stereocenters. The first-order valence-electron chi connectivity index (χ1n) is 8.36. The van der Waals surface area contributed by atoms with E-state index in [1.165, 1.54) is 11.6 Å². The minimum atomic E-state index is -0.398. The van der Waals surface area contributed by atoms with E-state index in [1.54, 1.807) is 18.6 Å². The molecule has 0 aliphatic rings. The average molecular weight is 432 g/mol. The van der Waals surface area contributed by atoms with Crippen LogP contribution in [0.4, 0.5) is 0 Å². The third-order valence-corrected chi connectivity index (χ3v) is 5.24. The fourth-order valence-electron chi connectivity index (χ4n) is 3.27. The van der Waals surface area contributed by atoms with Gasteiger partial charge in [-0.1, -0.05) is 28.1 Å². The molecule has 0 spiro atoms. The maximum atomic E-state index is 12.7.